The van der Waals surface area contributed by atoms with E-state index in [9.17, 15) is 14.4 Å². The van der Waals surface area contributed by atoms with Gasteiger partial charge in [0, 0.05) is 51.8 Å². The molecule has 2 heterocycles. The second-order valence-electron chi connectivity index (χ2n) is 7.95. The van der Waals surface area contributed by atoms with Crippen molar-refractivity contribution in [2.75, 3.05) is 39.3 Å². The van der Waals surface area contributed by atoms with Crippen LogP contribution in [0.15, 0.2) is 42.5 Å². The molecule has 2 aromatic rings. The number of benzene rings is 2. The van der Waals surface area contributed by atoms with Gasteiger partial charge in [-0.2, -0.15) is 0 Å². The number of carbonyl (C=O) groups is 3. The van der Waals surface area contributed by atoms with Gasteiger partial charge in [-0.05, 0) is 29.7 Å². The normalized spacial score (nSPS) is 20.0. The molecule has 0 spiro atoms. The van der Waals surface area contributed by atoms with Crippen molar-refractivity contribution in [3.63, 3.8) is 0 Å². The number of piperidine rings is 1. The third-order valence-corrected chi connectivity index (χ3v) is 6.11. The van der Waals surface area contributed by atoms with E-state index in [1.807, 2.05) is 52.3 Å². The van der Waals surface area contributed by atoms with Crippen LogP contribution in [0.25, 0.3) is 10.8 Å². The van der Waals surface area contributed by atoms with Gasteiger partial charge in [0.05, 0.1) is 5.92 Å². The van der Waals surface area contributed by atoms with E-state index in [0.29, 0.717) is 44.8 Å². The Morgan fingerprint density at radius 1 is 0.828 bits per heavy atom. The summed E-state index contributed by atoms with van der Waals surface area (Å²) in [4.78, 5) is 43.2. The number of likely N-dealkylation sites (tertiary alicyclic amines) is 1. The minimum Gasteiger partial charge on any atom is -0.339 e. The molecule has 29 heavy (non-hydrogen) atoms. The van der Waals surface area contributed by atoms with Gasteiger partial charge in [0.1, 0.15) is 0 Å². The van der Waals surface area contributed by atoms with Gasteiger partial charge in [-0.25, -0.2) is 0 Å². The van der Waals surface area contributed by atoms with Crippen LogP contribution in [0.2, 0.25) is 0 Å². The number of fused-ring (bicyclic) bond motifs is 1. The topological polar surface area (TPSA) is 60.9 Å². The van der Waals surface area contributed by atoms with Crippen molar-refractivity contribution in [3.05, 3.63) is 48.0 Å². The monoisotopic (exact) mass is 393 g/mol. The van der Waals surface area contributed by atoms with E-state index in [0.717, 1.165) is 23.6 Å². The van der Waals surface area contributed by atoms with Crippen LogP contribution in [-0.2, 0) is 9.59 Å². The average molecular weight is 393 g/mol. The van der Waals surface area contributed by atoms with Gasteiger partial charge >= 0.3 is 0 Å². The summed E-state index contributed by atoms with van der Waals surface area (Å²) in [7, 11) is 0. The van der Waals surface area contributed by atoms with Crippen LogP contribution in [0.3, 0.4) is 0 Å². The Balaban J connectivity index is 1.45. The van der Waals surface area contributed by atoms with Crippen LogP contribution >= 0.6 is 0 Å². The number of nitrogens with zero attached hydrogens (tertiary/aromatic N) is 3. The van der Waals surface area contributed by atoms with Crippen molar-refractivity contribution >= 4 is 28.5 Å². The summed E-state index contributed by atoms with van der Waals surface area (Å²) in [5.74, 6) is 0.0116. The molecule has 6 nitrogen and oxygen atoms in total. The molecular formula is C23H27N3O3. The molecule has 152 valence electrons. The van der Waals surface area contributed by atoms with E-state index in [1.54, 1.807) is 11.8 Å². The quantitative estimate of drug-likeness (QED) is 0.787. The van der Waals surface area contributed by atoms with Crippen molar-refractivity contribution in [1.29, 1.82) is 0 Å². The first-order valence-corrected chi connectivity index (χ1v) is 10.4. The van der Waals surface area contributed by atoms with Gasteiger partial charge in [0.15, 0.2) is 0 Å². The smallest absolute Gasteiger partial charge is 0.254 e. The third kappa shape index (κ3) is 3.97. The number of hydrogen-bond acceptors (Lipinski definition) is 3. The lowest BCUT2D eigenvalue weighted by molar-refractivity contribution is -0.142. The Bertz CT molecular complexity index is 929. The van der Waals surface area contributed by atoms with E-state index >= 15 is 0 Å². The van der Waals surface area contributed by atoms with Crippen molar-refractivity contribution < 1.29 is 14.4 Å². The summed E-state index contributed by atoms with van der Waals surface area (Å²) in [6.45, 7) is 5.05. The van der Waals surface area contributed by atoms with Crippen molar-refractivity contribution in [2.24, 2.45) is 5.92 Å². The summed E-state index contributed by atoms with van der Waals surface area (Å²) >= 11 is 0. The standard InChI is InChI=1S/C23H27N3O3/c1-17(27)24-12-14-25(15-13-24)22(28)19-8-5-11-26(16-19)23(29)21-10-4-7-18-6-2-3-9-20(18)21/h2-4,6-7,9-10,19H,5,8,11-16H2,1H3. The first-order valence-electron chi connectivity index (χ1n) is 10.4. The minimum absolute atomic E-state index is 0.000647. The molecule has 2 fully saturated rings. The zero-order valence-corrected chi connectivity index (χ0v) is 16.8. The van der Waals surface area contributed by atoms with Gasteiger partial charge in [-0.1, -0.05) is 36.4 Å². The fraction of sp³-hybridized carbons (Fsp3) is 0.435. The van der Waals surface area contributed by atoms with E-state index in [-0.39, 0.29) is 23.6 Å². The first kappa shape index (κ1) is 19.4. The molecule has 0 aliphatic carbocycles. The van der Waals surface area contributed by atoms with Gasteiger partial charge in [-0.15, -0.1) is 0 Å². The summed E-state index contributed by atoms with van der Waals surface area (Å²) < 4.78 is 0. The van der Waals surface area contributed by atoms with Crippen molar-refractivity contribution in [1.82, 2.24) is 14.7 Å². The molecule has 2 aliphatic rings. The first-order chi connectivity index (χ1) is 14.0. The molecule has 2 saturated heterocycles. The lowest BCUT2D eigenvalue weighted by Crippen LogP contribution is -2.53. The highest BCUT2D eigenvalue weighted by Gasteiger charge is 2.33. The zero-order chi connectivity index (χ0) is 20.4. The van der Waals surface area contributed by atoms with Crippen LogP contribution in [0.4, 0.5) is 0 Å². The zero-order valence-electron chi connectivity index (χ0n) is 16.8. The molecule has 0 bridgehead atoms. The van der Waals surface area contributed by atoms with E-state index in [2.05, 4.69) is 0 Å². The number of hydrogen-bond donors (Lipinski definition) is 0. The molecule has 0 N–H and O–H groups in total. The van der Waals surface area contributed by atoms with Crippen molar-refractivity contribution in [2.45, 2.75) is 19.8 Å². The van der Waals surface area contributed by atoms with Gasteiger partial charge < -0.3 is 14.7 Å². The molecule has 6 heteroatoms. The number of amides is 3. The summed E-state index contributed by atoms with van der Waals surface area (Å²) in [6, 6.07) is 13.7. The molecule has 0 aromatic heterocycles. The minimum atomic E-state index is -0.161. The molecule has 0 saturated carbocycles. The van der Waals surface area contributed by atoms with E-state index in [1.165, 1.54) is 0 Å². The summed E-state index contributed by atoms with van der Waals surface area (Å²) in [5.41, 5.74) is 0.700. The predicted molar refractivity (Wildman–Crippen MR) is 111 cm³/mol. The molecule has 2 aromatic carbocycles. The fourth-order valence-electron chi connectivity index (χ4n) is 4.45. The van der Waals surface area contributed by atoms with Gasteiger partial charge in [0.25, 0.3) is 5.91 Å². The molecule has 1 unspecified atom stereocenters. The molecular weight excluding hydrogens is 366 g/mol. The Morgan fingerprint density at radius 2 is 1.52 bits per heavy atom. The largest absolute Gasteiger partial charge is 0.339 e. The molecule has 3 amide bonds. The molecule has 1 atom stereocenters. The summed E-state index contributed by atoms with van der Waals surface area (Å²) in [5, 5.41) is 2.00. The number of piperazine rings is 1. The Morgan fingerprint density at radius 3 is 2.28 bits per heavy atom. The maximum Gasteiger partial charge on any atom is 0.254 e. The molecule has 2 aliphatic heterocycles. The van der Waals surface area contributed by atoms with Crippen LogP contribution in [0.1, 0.15) is 30.1 Å². The van der Waals surface area contributed by atoms with Crippen LogP contribution in [0.5, 0.6) is 0 Å². The lowest BCUT2D eigenvalue weighted by atomic mass is 9.95. The number of carbonyl (C=O) groups excluding carboxylic acids is 3. The van der Waals surface area contributed by atoms with E-state index in [4.69, 9.17) is 0 Å². The van der Waals surface area contributed by atoms with Gasteiger partial charge in [-0.3, -0.25) is 14.4 Å². The van der Waals surface area contributed by atoms with Crippen LogP contribution in [0, 0.1) is 5.92 Å². The fourth-order valence-corrected chi connectivity index (χ4v) is 4.45. The maximum atomic E-state index is 13.2. The Kier molecular flexibility index (Phi) is 5.51. The highest BCUT2D eigenvalue weighted by atomic mass is 16.2. The average Bonchev–Trinajstić information content (AvgIpc) is 2.78. The summed E-state index contributed by atoms with van der Waals surface area (Å²) in [6.07, 6.45) is 1.64. The molecule has 0 radical (unpaired) electrons. The SMILES string of the molecule is CC(=O)N1CCN(C(=O)C2CCCN(C(=O)c3cccc4ccccc34)C2)CC1. The van der Waals surface area contributed by atoms with Crippen LogP contribution in [-0.4, -0.2) is 71.7 Å². The van der Waals surface area contributed by atoms with Crippen LogP contribution < -0.4 is 0 Å². The predicted octanol–water partition coefficient (Wildman–Crippen LogP) is 2.38. The Labute approximate surface area is 171 Å². The Hall–Kier alpha value is -2.89. The third-order valence-electron chi connectivity index (χ3n) is 6.11. The second kappa shape index (κ2) is 8.23. The second-order valence-corrected chi connectivity index (χ2v) is 7.95. The van der Waals surface area contributed by atoms with Crippen molar-refractivity contribution in [3.8, 4) is 0 Å². The number of rotatable bonds is 2. The highest BCUT2D eigenvalue weighted by molar-refractivity contribution is 6.07. The highest BCUT2D eigenvalue weighted by Crippen LogP contribution is 2.25. The lowest BCUT2D eigenvalue weighted by Gasteiger charge is -2.38. The molecule has 4 rings (SSSR count). The van der Waals surface area contributed by atoms with Gasteiger partial charge in [0.2, 0.25) is 11.8 Å². The maximum absolute atomic E-state index is 13.2. The van der Waals surface area contributed by atoms with E-state index < -0.39 is 0 Å².